The Bertz CT molecular complexity index is 1160. The van der Waals surface area contributed by atoms with Gasteiger partial charge in [0, 0.05) is 11.9 Å². The van der Waals surface area contributed by atoms with Crippen LogP contribution in [-0.4, -0.2) is 22.2 Å². The van der Waals surface area contributed by atoms with Gasteiger partial charge in [0.05, 0.1) is 22.3 Å². The van der Waals surface area contributed by atoms with Crippen LogP contribution in [0, 0.1) is 13.8 Å². The van der Waals surface area contributed by atoms with Crippen LogP contribution in [0.5, 0.6) is 0 Å². The first kappa shape index (κ1) is 24.0. The van der Waals surface area contributed by atoms with Crippen LogP contribution in [-0.2, 0) is 11.3 Å². The van der Waals surface area contributed by atoms with Gasteiger partial charge in [-0.2, -0.15) is 0 Å². The molecule has 5 heteroatoms. The van der Waals surface area contributed by atoms with Crippen molar-refractivity contribution in [2.75, 3.05) is 6.54 Å². The molecule has 0 aliphatic carbocycles. The number of rotatable bonds is 11. The number of hydrogen-bond donors (Lipinski definition) is 2. The van der Waals surface area contributed by atoms with Crippen molar-refractivity contribution in [1.82, 2.24) is 4.57 Å². The lowest BCUT2D eigenvalue weighted by Crippen LogP contribution is -2.19. The van der Waals surface area contributed by atoms with Crippen LogP contribution in [0.1, 0.15) is 74.5 Å². The molecular formula is C27H36N2O3. The normalized spacial score (nSPS) is 12.5. The van der Waals surface area contributed by atoms with Gasteiger partial charge < -0.3 is 15.4 Å². The average Bonchev–Trinajstić information content (AvgIpc) is 2.78. The molecule has 32 heavy (non-hydrogen) atoms. The highest BCUT2D eigenvalue weighted by atomic mass is 16.4. The number of hydrogen-bond acceptors (Lipinski definition) is 3. The number of nitrogens with zero attached hydrogens (tertiary/aromatic N) is 1. The first-order chi connectivity index (χ1) is 15.4. The molecule has 2 aromatic carbocycles. The van der Waals surface area contributed by atoms with Gasteiger partial charge in [0.25, 0.3) is 0 Å². The molecule has 0 radical (unpaired) electrons. The number of carbonyl (C=O) groups is 1. The van der Waals surface area contributed by atoms with Crippen LogP contribution >= 0.6 is 0 Å². The molecule has 5 nitrogen and oxygen atoms in total. The number of benzene rings is 2. The third-order valence-corrected chi connectivity index (χ3v) is 6.66. The second-order valence-corrected chi connectivity index (χ2v) is 8.86. The van der Waals surface area contributed by atoms with Crippen molar-refractivity contribution in [3.05, 3.63) is 57.2 Å². The van der Waals surface area contributed by atoms with E-state index < -0.39 is 11.9 Å². The Morgan fingerprint density at radius 3 is 2.50 bits per heavy atom. The molecule has 3 aromatic rings. The average molecular weight is 437 g/mol. The zero-order valence-corrected chi connectivity index (χ0v) is 19.6. The highest BCUT2D eigenvalue weighted by Gasteiger charge is 2.25. The van der Waals surface area contributed by atoms with Crippen molar-refractivity contribution in [3.8, 4) is 0 Å². The first-order valence-electron chi connectivity index (χ1n) is 11.9. The summed E-state index contributed by atoms with van der Waals surface area (Å²) in [5, 5.41) is 11.3. The summed E-state index contributed by atoms with van der Waals surface area (Å²) in [7, 11) is 0. The van der Waals surface area contributed by atoms with E-state index in [1.165, 1.54) is 6.42 Å². The number of unbranched alkanes of at least 4 members (excludes halogenated alkanes) is 4. The molecule has 0 aliphatic heterocycles. The van der Waals surface area contributed by atoms with E-state index in [1.807, 2.05) is 44.2 Å². The van der Waals surface area contributed by atoms with Crippen LogP contribution < -0.4 is 11.2 Å². The van der Waals surface area contributed by atoms with Crippen LogP contribution in [0.2, 0.25) is 0 Å². The molecule has 172 valence electrons. The van der Waals surface area contributed by atoms with Crippen LogP contribution in [0.15, 0.2) is 35.1 Å². The summed E-state index contributed by atoms with van der Waals surface area (Å²) in [6, 6.07) is 9.52. The Hall–Kier alpha value is -2.66. The fourth-order valence-electron chi connectivity index (χ4n) is 4.75. The Kier molecular flexibility index (Phi) is 8.08. The number of carboxylic acid groups (broad SMARTS) is 1. The molecule has 3 N–H and O–H groups in total. The number of pyridine rings is 1. The summed E-state index contributed by atoms with van der Waals surface area (Å²) in [6.07, 6.45) is 6.64. The number of aryl methyl sites for hydroxylation is 3. The van der Waals surface area contributed by atoms with E-state index in [-0.39, 0.29) is 5.43 Å². The van der Waals surface area contributed by atoms with E-state index >= 15 is 0 Å². The largest absolute Gasteiger partial charge is 0.481 e. The third kappa shape index (κ3) is 4.73. The highest BCUT2D eigenvalue weighted by Crippen LogP contribution is 2.32. The number of nitrogens with two attached hydrogens (primary N) is 1. The summed E-state index contributed by atoms with van der Waals surface area (Å²) in [5.41, 5.74) is 10.3. The molecule has 1 heterocycles. The molecule has 0 saturated heterocycles. The van der Waals surface area contributed by atoms with Gasteiger partial charge in [0.1, 0.15) is 0 Å². The lowest BCUT2D eigenvalue weighted by molar-refractivity contribution is -0.139. The summed E-state index contributed by atoms with van der Waals surface area (Å²) >= 11 is 0. The zero-order chi connectivity index (χ0) is 23.3. The van der Waals surface area contributed by atoms with Crippen molar-refractivity contribution in [2.24, 2.45) is 5.73 Å². The van der Waals surface area contributed by atoms with E-state index in [9.17, 15) is 14.7 Å². The Morgan fingerprint density at radius 2 is 1.81 bits per heavy atom. The maximum absolute atomic E-state index is 13.7. The van der Waals surface area contributed by atoms with Crippen molar-refractivity contribution in [1.29, 1.82) is 0 Å². The lowest BCUT2D eigenvalue weighted by atomic mass is 9.89. The zero-order valence-electron chi connectivity index (χ0n) is 19.6. The molecule has 0 saturated carbocycles. The van der Waals surface area contributed by atoms with Crippen LogP contribution in [0.25, 0.3) is 21.8 Å². The Morgan fingerprint density at radius 1 is 1.06 bits per heavy atom. The third-order valence-electron chi connectivity index (χ3n) is 6.66. The molecule has 1 aromatic heterocycles. The second kappa shape index (κ2) is 10.8. The Balaban J connectivity index is 2.22. The number of carboxylic acids is 1. The summed E-state index contributed by atoms with van der Waals surface area (Å²) in [5.74, 6) is -1.54. The summed E-state index contributed by atoms with van der Waals surface area (Å²) in [6.45, 7) is 7.50. The molecule has 3 rings (SSSR count). The minimum absolute atomic E-state index is 0.0741. The molecule has 1 unspecified atom stereocenters. The van der Waals surface area contributed by atoms with E-state index in [4.69, 9.17) is 5.73 Å². The maximum atomic E-state index is 13.7. The quantitative estimate of drug-likeness (QED) is 0.300. The number of aromatic nitrogens is 1. The van der Waals surface area contributed by atoms with Crippen molar-refractivity contribution in [3.63, 3.8) is 0 Å². The van der Waals surface area contributed by atoms with E-state index in [0.717, 1.165) is 54.3 Å². The van der Waals surface area contributed by atoms with Gasteiger partial charge in [0.2, 0.25) is 0 Å². The minimum atomic E-state index is -0.860. The van der Waals surface area contributed by atoms with Gasteiger partial charge in [0.15, 0.2) is 5.43 Å². The van der Waals surface area contributed by atoms with Gasteiger partial charge in [-0.3, -0.25) is 9.59 Å². The van der Waals surface area contributed by atoms with Gasteiger partial charge in [-0.25, -0.2) is 0 Å². The fraction of sp³-hybridized carbons (Fsp3) is 0.481. The van der Waals surface area contributed by atoms with E-state index in [0.29, 0.717) is 35.8 Å². The predicted molar refractivity (Wildman–Crippen MR) is 133 cm³/mol. The molecule has 0 fully saturated rings. The molecular weight excluding hydrogens is 400 g/mol. The van der Waals surface area contributed by atoms with Gasteiger partial charge in [-0.05, 0) is 62.1 Å². The fourth-order valence-corrected chi connectivity index (χ4v) is 4.75. The Labute approximate surface area is 190 Å². The smallest absolute Gasteiger partial charge is 0.310 e. The van der Waals surface area contributed by atoms with Crippen LogP contribution in [0.4, 0.5) is 0 Å². The van der Waals surface area contributed by atoms with Crippen LogP contribution in [0.3, 0.4) is 0 Å². The van der Waals surface area contributed by atoms with Gasteiger partial charge in [-0.15, -0.1) is 0 Å². The highest BCUT2D eigenvalue weighted by molar-refractivity contribution is 5.98. The second-order valence-electron chi connectivity index (χ2n) is 8.86. The molecule has 1 atom stereocenters. The number of aliphatic carboxylic acids is 1. The minimum Gasteiger partial charge on any atom is -0.481 e. The standard InChI is InChI=1S/C27H36N2O3/c1-4-5-6-7-8-11-21(27(31)32)20-12-9-13-23-24(20)26(30)22-15-14-18(2)19(3)25(22)29(23)17-10-16-28/h9,12-15,21H,4-8,10-11,16-17,28H2,1-3H3,(H,31,32). The molecule has 0 amide bonds. The SMILES string of the molecule is CCCCCCCC(C(=O)O)c1cccc2c1c(=O)c1ccc(C)c(C)c1n2CCCN. The van der Waals surface area contributed by atoms with Crippen molar-refractivity contribution < 1.29 is 9.90 Å². The molecule has 0 bridgehead atoms. The van der Waals surface area contributed by atoms with E-state index in [1.54, 1.807) is 0 Å². The van der Waals surface area contributed by atoms with Crippen molar-refractivity contribution in [2.45, 2.75) is 78.2 Å². The van der Waals surface area contributed by atoms with E-state index in [2.05, 4.69) is 11.5 Å². The lowest BCUT2D eigenvalue weighted by Gasteiger charge is -2.21. The summed E-state index contributed by atoms with van der Waals surface area (Å²) < 4.78 is 2.17. The first-order valence-corrected chi connectivity index (χ1v) is 11.9. The molecule has 0 spiro atoms. The van der Waals surface area contributed by atoms with Gasteiger partial charge in [-0.1, -0.05) is 57.2 Å². The topological polar surface area (TPSA) is 85.3 Å². The monoisotopic (exact) mass is 436 g/mol. The van der Waals surface area contributed by atoms with Gasteiger partial charge >= 0.3 is 5.97 Å². The maximum Gasteiger partial charge on any atom is 0.310 e. The number of fused-ring (bicyclic) bond motifs is 2. The molecule has 0 aliphatic rings. The van der Waals surface area contributed by atoms with Crippen molar-refractivity contribution >= 4 is 27.8 Å². The summed E-state index contributed by atoms with van der Waals surface area (Å²) in [4.78, 5) is 26.0. The predicted octanol–water partition coefficient (Wildman–Crippen LogP) is 5.65.